The summed E-state index contributed by atoms with van der Waals surface area (Å²) in [4.78, 5) is 26.4. The minimum atomic E-state index is -2.94. The van der Waals surface area contributed by atoms with Crippen molar-refractivity contribution in [1.29, 1.82) is 0 Å². The van der Waals surface area contributed by atoms with Crippen molar-refractivity contribution >= 4 is 24.0 Å². The first-order valence-corrected chi connectivity index (χ1v) is 12.4. The molecule has 1 aliphatic heterocycles. The highest BCUT2D eigenvalue weighted by Gasteiger charge is 2.53. The zero-order chi connectivity index (χ0) is 24.4. The van der Waals surface area contributed by atoms with Crippen LogP contribution >= 0.6 is 12.4 Å². The summed E-state index contributed by atoms with van der Waals surface area (Å²) >= 11 is 0. The van der Waals surface area contributed by atoms with E-state index in [9.17, 15) is 22.8 Å². The summed E-state index contributed by atoms with van der Waals surface area (Å²) < 4.78 is 42.7. The number of carbonyl (C=O) groups excluding carboxylic acids is 1. The quantitative estimate of drug-likeness (QED) is 0.479. The fourth-order valence-electron chi connectivity index (χ4n) is 5.89. The SMILES string of the molecule is C[C@@H](NC(=O)c1cn([C@H]2C[C@@H]2C2CC2)c(=O)cc1NC1[C@H]2CNC[C@@H]12)c1cccc(C(F)F)c1F.Cl. The number of piperidine rings is 1. The van der Waals surface area contributed by atoms with Crippen LogP contribution in [0.4, 0.5) is 18.9 Å². The number of amides is 1. The molecule has 3 saturated carbocycles. The van der Waals surface area contributed by atoms with Crippen LogP contribution in [0, 0.1) is 29.5 Å². The summed E-state index contributed by atoms with van der Waals surface area (Å²) in [6.07, 6.45) is 2.02. The van der Waals surface area contributed by atoms with E-state index >= 15 is 0 Å². The van der Waals surface area contributed by atoms with E-state index in [-0.39, 0.29) is 35.6 Å². The number of pyridine rings is 1. The third kappa shape index (κ3) is 4.52. The molecule has 1 amide bonds. The third-order valence-electron chi connectivity index (χ3n) is 8.24. The highest BCUT2D eigenvalue weighted by atomic mass is 35.5. The Kier molecular flexibility index (Phi) is 6.57. The van der Waals surface area contributed by atoms with Gasteiger partial charge < -0.3 is 20.5 Å². The van der Waals surface area contributed by atoms with Gasteiger partial charge in [0.1, 0.15) is 5.82 Å². The lowest BCUT2D eigenvalue weighted by Crippen LogP contribution is -2.31. The number of aromatic nitrogens is 1. The van der Waals surface area contributed by atoms with Crippen LogP contribution < -0.4 is 21.5 Å². The van der Waals surface area contributed by atoms with Crippen LogP contribution in [0.2, 0.25) is 0 Å². The van der Waals surface area contributed by atoms with Crippen LogP contribution in [-0.4, -0.2) is 29.6 Å². The topological polar surface area (TPSA) is 75.2 Å². The maximum atomic E-state index is 14.7. The number of halogens is 4. The number of nitrogens with one attached hydrogen (secondary N) is 3. The van der Waals surface area contributed by atoms with E-state index < -0.39 is 29.8 Å². The van der Waals surface area contributed by atoms with Gasteiger partial charge in [0.15, 0.2) is 0 Å². The number of hydrogen-bond donors (Lipinski definition) is 3. The largest absolute Gasteiger partial charge is 0.381 e. The number of fused-ring (bicyclic) bond motifs is 1. The number of alkyl halides is 2. The number of nitrogens with zero attached hydrogens (tertiary/aromatic N) is 1. The van der Waals surface area contributed by atoms with Crippen molar-refractivity contribution < 1.29 is 18.0 Å². The molecule has 1 saturated heterocycles. The molecule has 6 nitrogen and oxygen atoms in total. The van der Waals surface area contributed by atoms with Gasteiger partial charge >= 0.3 is 0 Å². The summed E-state index contributed by atoms with van der Waals surface area (Å²) in [5, 5.41) is 9.49. The predicted octanol–water partition coefficient (Wildman–Crippen LogP) is 4.44. The molecule has 0 radical (unpaired) electrons. The Labute approximate surface area is 213 Å². The van der Waals surface area contributed by atoms with E-state index in [1.165, 1.54) is 31.0 Å². The van der Waals surface area contributed by atoms with Gasteiger partial charge in [-0.2, -0.15) is 0 Å². The predicted molar refractivity (Wildman–Crippen MR) is 132 cm³/mol. The standard InChI is InChI=1S/C26H29F3N4O2.ClH/c1-12(14-3-2-4-15(23(14)27)25(28)29)31-26(35)19-11-33(21-7-16(21)13-5-6-13)22(34)8-20(19)32-24-17-9-30-10-18(17)24;/h2-4,8,11-13,16-18,21,24-25,30,32H,5-7,9-10H2,1H3,(H,31,35);1H/t12-,16-,17-,18+,21+,24?;/m1./s1. The zero-order valence-corrected chi connectivity index (χ0v) is 20.7. The number of hydrogen-bond acceptors (Lipinski definition) is 4. The van der Waals surface area contributed by atoms with Gasteiger partial charge in [-0.15, -0.1) is 12.4 Å². The molecular weight excluding hydrogens is 493 g/mol. The van der Waals surface area contributed by atoms with Crippen LogP contribution in [0.25, 0.3) is 0 Å². The first-order chi connectivity index (χ1) is 16.8. The molecule has 1 aromatic heterocycles. The van der Waals surface area contributed by atoms with Gasteiger partial charge in [0.2, 0.25) is 0 Å². The average molecular weight is 523 g/mol. The molecule has 6 atom stereocenters. The summed E-state index contributed by atoms with van der Waals surface area (Å²) in [5.74, 6) is 0.624. The minimum absolute atomic E-state index is 0. The molecule has 6 rings (SSSR count). The maximum Gasteiger partial charge on any atom is 0.266 e. The Hall–Kier alpha value is -2.52. The van der Waals surface area contributed by atoms with Crippen molar-refractivity contribution in [3.63, 3.8) is 0 Å². The molecule has 3 N–H and O–H groups in total. The molecule has 4 aliphatic rings. The smallest absolute Gasteiger partial charge is 0.266 e. The van der Waals surface area contributed by atoms with Crippen molar-refractivity contribution in [2.24, 2.45) is 23.7 Å². The first kappa shape index (κ1) is 25.1. The monoisotopic (exact) mass is 522 g/mol. The van der Waals surface area contributed by atoms with Gasteiger partial charge in [-0.1, -0.05) is 18.2 Å². The van der Waals surface area contributed by atoms with E-state index in [0.717, 1.165) is 25.6 Å². The molecule has 2 heterocycles. The molecule has 0 spiro atoms. The van der Waals surface area contributed by atoms with Gasteiger partial charge in [-0.05, 0) is 49.9 Å². The fraction of sp³-hybridized carbons (Fsp3) is 0.538. The number of rotatable bonds is 8. The lowest BCUT2D eigenvalue weighted by molar-refractivity contribution is 0.0939. The van der Waals surface area contributed by atoms with Crippen LogP contribution in [0.3, 0.4) is 0 Å². The molecule has 1 unspecified atom stereocenters. The van der Waals surface area contributed by atoms with Crippen LogP contribution in [0.1, 0.15) is 66.2 Å². The van der Waals surface area contributed by atoms with E-state index in [4.69, 9.17) is 0 Å². The van der Waals surface area contributed by atoms with Gasteiger partial charge in [0, 0.05) is 43.0 Å². The molecule has 10 heteroatoms. The highest BCUT2D eigenvalue weighted by Crippen LogP contribution is 2.56. The van der Waals surface area contributed by atoms with Gasteiger partial charge in [0.05, 0.1) is 22.9 Å². The van der Waals surface area contributed by atoms with E-state index in [1.54, 1.807) is 17.7 Å². The summed E-state index contributed by atoms with van der Waals surface area (Å²) in [7, 11) is 0. The summed E-state index contributed by atoms with van der Waals surface area (Å²) in [5.41, 5.74) is -0.0297. The molecule has 36 heavy (non-hydrogen) atoms. The molecule has 4 fully saturated rings. The van der Waals surface area contributed by atoms with E-state index in [0.29, 0.717) is 34.9 Å². The Morgan fingerprint density at radius 2 is 1.83 bits per heavy atom. The number of carbonyl (C=O) groups is 1. The highest BCUT2D eigenvalue weighted by molar-refractivity contribution is 5.99. The molecule has 1 aromatic carbocycles. The van der Waals surface area contributed by atoms with Gasteiger partial charge in [0.25, 0.3) is 17.9 Å². The summed E-state index contributed by atoms with van der Waals surface area (Å²) in [6, 6.07) is 4.79. The second-order valence-electron chi connectivity index (χ2n) is 10.6. The fourth-order valence-corrected chi connectivity index (χ4v) is 5.89. The first-order valence-electron chi connectivity index (χ1n) is 12.4. The Morgan fingerprint density at radius 3 is 2.50 bits per heavy atom. The Morgan fingerprint density at radius 1 is 1.14 bits per heavy atom. The van der Waals surface area contributed by atoms with Gasteiger partial charge in [-0.3, -0.25) is 9.59 Å². The van der Waals surface area contributed by atoms with Crippen molar-refractivity contribution in [3.8, 4) is 0 Å². The van der Waals surface area contributed by atoms with Gasteiger partial charge in [-0.25, -0.2) is 13.2 Å². The van der Waals surface area contributed by atoms with Crippen LogP contribution in [-0.2, 0) is 0 Å². The lowest BCUT2D eigenvalue weighted by Gasteiger charge is -2.20. The molecule has 3 aliphatic carbocycles. The lowest BCUT2D eigenvalue weighted by atomic mass is 10.0. The van der Waals surface area contributed by atoms with Crippen molar-refractivity contribution in [3.05, 3.63) is 63.3 Å². The van der Waals surface area contributed by atoms with Crippen molar-refractivity contribution in [2.75, 3.05) is 18.4 Å². The maximum absolute atomic E-state index is 14.7. The van der Waals surface area contributed by atoms with E-state index in [2.05, 4.69) is 16.0 Å². The molecular formula is C26H30ClF3N4O2. The van der Waals surface area contributed by atoms with Crippen LogP contribution in [0.15, 0.2) is 35.3 Å². The second-order valence-corrected chi connectivity index (χ2v) is 10.6. The normalized spacial score (nSPS) is 28.8. The average Bonchev–Trinajstić information content (AvgIpc) is 3.74. The van der Waals surface area contributed by atoms with Crippen molar-refractivity contribution in [1.82, 2.24) is 15.2 Å². The third-order valence-corrected chi connectivity index (χ3v) is 8.24. The van der Waals surface area contributed by atoms with Crippen molar-refractivity contribution in [2.45, 2.75) is 50.7 Å². The number of benzene rings is 1. The van der Waals surface area contributed by atoms with Crippen LogP contribution in [0.5, 0.6) is 0 Å². The molecule has 2 aromatic rings. The second kappa shape index (κ2) is 9.41. The minimum Gasteiger partial charge on any atom is -0.381 e. The Bertz CT molecular complexity index is 1220. The zero-order valence-electron chi connectivity index (χ0n) is 19.8. The van der Waals surface area contributed by atoms with E-state index in [1.807, 2.05) is 0 Å². The number of anilines is 1. The summed E-state index contributed by atoms with van der Waals surface area (Å²) in [6.45, 7) is 3.38. The molecule has 194 valence electrons. The molecule has 0 bridgehead atoms. The Balaban J connectivity index is 0.00000267.